The second kappa shape index (κ2) is 15.7. The highest BCUT2D eigenvalue weighted by Crippen LogP contribution is 2.61. The summed E-state index contributed by atoms with van der Waals surface area (Å²) >= 11 is 0. The van der Waals surface area contributed by atoms with Gasteiger partial charge in [0.1, 0.15) is 24.4 Å². The van der Waals surface area contributed by atoms with Crippen LogP contribution in [0.3, 0.4) is 0 Å². The number of rotatable bonds is 10. The van der Waals surface area contributed by atoms with E-state index in [1.165, 1.54) is 35.6 Å². The molecular weight excluding hydrogens is 816 g/mol. The van der Waals surface area contributed by atoms with Crippen LogP contribution >= 0.6 is 15.6 Å². The van der Waals surface area contributed by atoms with Crippen LogP contribution in [0.25, 0.3) is 22.3 Å². The molecule has 4 aromatic heterocycles. The van der Waals surface area contributed by atoms with E-state index in [2.05, 4.69) is 29.9 Å². The molecule has 4 aliphatic heterocycles. The number of phosphoric ester groups is 2. The number of hydrogen-bond acceptors (Lipinski definition) is 20. The van der Waals surface area contributed by atoms with Gasteiger partial charge in [-0.05, 0) is 55.4 Å². The maximum absolute atomic E-state index is 15.9. The van der Waals surface area contributed by atoms with Crippen molar-refractivity contribution < 1.29 is 64.0 Å². The van der Waals surface area contributed by atoms with Crippen LogP contribution in [0.4, 0.5) is 20.7 Å². The summed E-state index contributed by atoms with van der Waals surface area (Å²) in [5.74, 6) is 0.291. The molecule has 8 heterocycles. The third kappa shape index (κ3) is 7.86. The summed E-state index contributed by atoms with van der Waals surface area (Å²) in [6.07, 6.45) is -4.40. The van der Waals surface area contributed by atoms with Crippen molar-refractivity contribution in [2.24, 2.45) is 0 Å². The number of nitrogens with zero attached hydrogens (tertiary/aromatic N) is 8. The lowest BCUT2D eigenvalue weighted by atomic mass is 9.98. The second-order valence-electron chi connectivity index (χ2n) is 14.5. The van der Waals surface area contributed by atoms with Crippen LogP contribution in [-0.2, 0) is 45.7 Å². The number of nitrogens with two attached hydrogens (primary N) is 2. The summed E-state index contributed by atoms with van der Waals surface area (Å²) in [5, 5.41) is 0. The van der Waals surface area contributed by atoms with Crippen LogP contribution in [-0.4, -0.2) is 113 Å². The Balaban J connectivity index is 0.000000177. The Bertz CT molecular complexity index is 2090. The first kappa shape index (κ1) is 42.4. The van der Waals surface area contributed by atoms with Crippen molar-refractivity contribution in [1.29, 1.82) is 0 Å². The fourth-order valence-corrected chi connectivity index (χ4v) is 10.2. The number of ether oxygens (including phenoxy) is 4. The highest BCUT2D eigenvalue weighted by molar-refractivity contribution is 7.48. The zero-order valence-electron chi connectivity index (χ0n) is 32.9. The van der Waals surface area contributed by atoms with E-state index in [9.17, 15) is 9.13 Å². The van der Waals surface area contributed by atoms with Crippen LogP contribution in [0.1, 0.15) is 67.8 Å². The van der Waals surface area contributed by atoms with E-state index in [4.69, 9.17) is 57.6 Å². The zero-order valence-corrected chi connectivity index (χ0v) is 34.7. The van der Waals surface area contributed by atoms with Crippen LogP contribution in [0.5, 0.6) is 11.8 Å². The van der Waals surface area contributed by atoms with E-state index >= 15 is 8.78 Å². The lowest BCUT2D eigenvalue weighted by Crippen LogP contribution is -2.45. The fourth-order valence-electron chi connectivity index (χ4n) is 6.94. The molecule has 0 amide bonds. The molecule has 0 bridgehead atoms. The maximum Gasteiger partial charge on any atom is 0.475 e. The van der Waals surface area contributed by atoms with Crippen molar-refractivity contribution >= 4 is 49.9 Å². The third-order valence-corrected chi connectivity index (χ3v) is 12.5. The van der Waals surface area contributed by atoms with Gasteiger partial charge >= 0.3 is 15.6 Å². The summed E-state index contributed by atoms with van der Waals surface area (Å²) in [7, 11) is -7.81. The van der Waals surface area contributed by atoms with E-state index in [-0.39, 0.29) is 48.2 Å². The molecule has 58 heavy (non-hydrogen) atoms. The van der Waals surface area contributed by atoms with Gasteiger partial charge in [0, 0.05) is 0 Å². The zero-order chi connectivity index (χ0) is 41.9. The molecule has 22 nitrogen and oxygen atoms in total. The number of anilines is 2. The number of alkyl halides is 2. The van der Waals surface area contributed by atoms with Crippen molar-refractivity contribution in [2.75, 3.05) is 37.9 Å². The first-order valence-electron chi connectivity index (χ1n) is 18.5. The number of aromatic nitrogens is 8. The Morgan fingerprint density at radius 1 is 0.741 bits per heavy atom. The lowest BCUT2D eigenvalue weighted by Gasteiger charge is -2.34. The van der Waals surface area contributed by atoms with E-state index in [1.807, 2.05) is 0 Å². The molecule has 0 spiro atoms. The van der Waals surface area contributed by atoms with Gasteiger partial charge in [-0.25, -0.2) is 27.9 Å². The first-order chi connectivity index (χ1) is 27.3. The predicted octanol–water partition coefficient (Wildman–Crippen LogP) is 4.76. The molecule has 4 aromatic rings. The van der Waals surface area contributed by atoms with Gasteiger partial charge < -0.3 is 30.4 Å². The summed E-state index contributed by atoms with van der Waals surface area (Å²) in [4.78, 5) is 24.8. The lowest BCUT2D eigenvalue weighted by molar-refractivity contribution is -0.0734. The van der Waals surface area contributed by atoms with Crippen molar-refractivity contribution in [1.82, 2.24) is 39.0 Å². The molecule has 10 atom stereocenters. The van der Waals surface area contributed by atoms with Gasteiger partial charge in [0.2, 0.25) is 23.7 Å². The normalized spacial score (nSPS) is 34.6. The number of nitrogen functional groups attached to an aromatic ring is 2. The molecule has 320 valence electrons. The predicted molar refractivity (Wildman–Crippen MR) is 198 cm³/mol. The number of imidazole rings is 2. The van der Waals surface area contributed by atoms with Gasteiger partial charge in [0.15, 0.2) is 46.1 Å². The Morgan fingerprint density at radius 3 is 1.47 bits per heavy atom. The standard InChI is InChI=1S/2C16H23FN5O6P/c2*1-5-24-13-10-12(20-15(18)21-13)22(7-19-10)14-16(4,17)11-9(26-14)6-25-29(23,28-11)27-8(2)3/h2*7-9,11,14H,5-6H2,1-4H3,(H2,18,20,21)/t9-,11-,14-,16-,29+;9-,11-,14-,16-,29-/m11/s1. The maximum atomic E-state index is 15.9. The van der Waals surface area contributed by atoms with Gasteiger partial charge in [0.05, 0.1) is 51.3 Å². The van der Waals surface area contributed by atoms with Crippen LogP contribution in [0, 0.1) is 0 Å². The number of fused-ring (bicyclic) bond motifs is 4. The third-order valence-electron chi connectivity index (χ3n) is 9.20. The largest absolute Gasteiger partial charge is 0.476 e. The Morgan fingerprint density at radius 2 is 1.12 bits per heavy atom. The van der Waals surface area contributed by atoms with Gasteiger partial charge in [-0.15, -0.1) is 0 Å². The molecular formula is C32H46F2N10O12P2. The van der Waals surface area contributed by atoms with Gasteiger partial charge in [-0.1, -0.05) is 0 Å². The second-order valence-corrected chi connectivity index (χ2v) is 17.6. The fraction of sp³-hybridized carbons (Fsp3) is 0.688. The minimum absolute atomic E-state index is 0.0481. The van der Waals surface area contributed by atoms with Gasteiger partial charge in [-0.2, -0.15) is 19.9 Å². The van der Waals surface area contributed by atoms with Crippen molar-refractivity contribution in [3.63, 3.8) is 0 Å². The summed E-state index contributed by atoms with van der Waals surface area (Å²) in [6, 6.07) is 0. The van der Waals surface area contributed by atoms with Crippen LogP contribution in [0.2, 0.25) is 0 Å². The topological polar surface area (TPSA) is 266 Å². The Labute approximate surface area is 330 Å². The highest BCUT2D eigenvalue weighted by Gasteiger charge is 2.63. The Kier molecular flexibility index (Phi) is 11.5. The smallest absolute Gasteiger partial charge is 0.475 e. The molecule has 4 saturated heterocycles. The van der Waals surface area contributed by atoms with Crippen LogP contribution < -0.4 is 20.9 Å². The first-order valence-corrected chi connectivity index (χ1v) is 21.4. The number of phosphoric acid groups is 2. The van der Waals surface area contributed by atoms with E-state index in [0.29, 0.717) is 24.2 Å². The molecule has 4 aliphatic rings. The molecule has 0 aromatic carbocycles. The molecule has 0 unspecified atom stereocenters. The number of halogens is 2. The monoisotopic (exact) mass is 862 g/mol. The SMILES string of the molecule is CCOc1nc(N)nc2c1ncn2[C@@H]1O[C@@H]2CO[P@@](=O)(OC(C)C)O[C@H]2[C@@]1(C)F.CCOc1nc(N)nc2c1ncn2[C@@H]1O[C@@H]2CO[P@](=O)(OC(C)C)O[C@H]2[C@@]1(C)F. The summed E-state index contributed by atoms with van der Waals surface area (Å²) < 4.78 is 114. The molecule has 0 saturated carbocycles. The van der Waals surface area contributed by atoms with Crippen molar-refractivity contribution in [3.8, 4) is 11.8 Å². The molecule has 0 aliphatic carbocycles. The van der Waals surface area contributed by atoms with E-state index in [1.54, 1.807) is 41.5 Å². The highest BCUT2D eigenvalue weighted by atomic mass is 31.2. The minimum Gasteiger partial charge on any atom is -0.476 e. The molecule has 0 radical (unpaired) electrons. The average Bonchev–Trinajstić information content (AvgIpc) is 3.86. The van der Waals surface area contributed by atoms with Crippen LogP contribution in [0.15, 0.2) is 12.7 Å². The quantitative estimate of drug-likeness (QED) is 0.203. The minimum atomic E-state index is -3.91. The van der Waals surface area contributed by atoms with Crippen molar-refractivity contribution in [2.45, 2.75) is 116 Å². The van der Waals surface area contributed by atoms with Crippen molar-refractivity contribution in [3.05, 3.63) is 12.7 Å². The van der Waals surface area contributed by atoms with Gasteiger partial charge in [-0.3, -0.25) is 36.3 Å². The average molecular weight is 863 g/mol. The Hall–Kier alpha value is -3.70. The molecule has 8 rings (SSSR count). The number of hydrogen-bond donors (Lipinski definition) is 2. The summed E-state index contributed by atoms with van der Waals surface area (Å²) in [5.41, 5.74) is 8.49. The summed E-state index contributed by atoms with van der Waals surface area (Å²) in [6.45, 7) is 13.3. The molecule has 4 fully saturated rings. The molecule has 26 heteroatoms. The van der Waals surface area contributed by atoms with Gasteiger partial charge in [0.25, 0.3) is 0 Å². The van der Waals surface area contributed by atoms with E-state index in [0.717, 1.165) is 0 Å². The van der Waals surface area contributed by atoms with E-state index < -0.39 is 76.1 Å². The molecule has 4 N–H and O–H groups in total.